The number of hydrogen-bond donors (Lipinski definition) is 1. The van der Waals surface area contributed by atoms with Crippen LogP contribution in [0.4, 0.5) is 0 Å². The van der Waals surface area contributed by atoms with Crippen LogP contribution in [0.15, 0.2) is 60.9 Å². The second kappa shape index (κ2) is 6.65. The molecule has 1 N–H and O–H groups in total. The van der Waals surface area contributed by atoms with Gasteiger partial charge in [-0.05, 0) is 28.8 Å². The lowest BCUT2D eigenvalue weighted by atomic mass is 9.70. The van der Waals surface area contributed by atoms with Gasteiger partial charge in [-0.25, -0.2) is 0 Å². The number of methoxy groups -OCH3 is 1. The Morgan fingerprint density at radius 2 is 1.69 bits per heavy atom. The van der Waals surface area contributed by atoms with Gasteiger partial charge in [-0.15, -0.1) is 5.10 Å². The van der Waals surface area contributed by atoms with Gasteiger partial charge in [0.1, 0.15) is 5.75 Å². The highest BCUT2D eigenvalue weighted by molar-refractivity contribution is 5.63. The van der Waals surface area contributed by atoms with Crippen LogP contribution in [0.3, 0.4) is 0 Å². The van der Waals surface area contributed by atoms with Crippen LogP contribution in [-0.2, 0) is 10.2 Å². The van der Waals surface area contributed by atoms with Gasteiger partial charge in [-0.2, -0.15) is 0 Å². The summed E-state index contributed by atoms with van der Waals surface area (Å²) >= 11 is 0. The highest BCUT2D eigenvalue weighted by atomic mass is 16.7. The Labute approximate surface area is 151 Å². The molecule has 4 rings (SSSR count). The quantitative estimate of drug-likeness (QED) is 0.690. The van der Waals surface area contributed by atoms with Crippen LogP contribution in [0.1, 0.15) is 11.1 Å². The van der Waals surface area contributed by atoms with Crippen LogP contribution < -0.4 is 14.9 Å². The van der Waals surface area contributed by atoms with Crippen molar-refractivity contribution in [1.82, 2.24) is 15.3 Å². The fraction of sp³-hybridized carbons (Fsp3) is 0.200. The van der Waals surface area contributed by atoms with Crippen molar-refractivity contribution >= 4 is 6.47 Å². The van der Waals surface area contributed by atoms with E-state index in [4.69, 9.17) is 9.57 Å². The molecule has 0 atom stereocenters. The van der Waals surface area contributed by atoms with Crippen molar-refractivity contribution < 1.29 is 14.4 Å². The summed E-state index contributed by atoms with van der Waals surface area (Å²) in [6, 6.07) is 16.7. The fourth-order valence-electron chi connectivity index (χ4n) is 3.40. The molecule has 6 nitrogen and oxygen atoms in total. The number of nitrogens with one attached hydrogen (secondary N) is 1. The summed E-state index contributed by atoms with van der Waals surface area (Å²) in [7, 11) is 1.68. The molecule has 2 heterocycles. The second-order valence-electron chi connectivity index (χ2n) is 6.32. The highest BCUT2D eigenvalue weighted by Crippen LogP contribution is 2.37. The molecule has 6 heteroatoms. The third-order valence-electron chi connectivity index (χ3n) is 4.98. The van der Waals surface area contributed by atoms with E-state index >= 15 is 0 Å². The van der Waals surface area contributed by atoms with Gasteiger partial charge >= 0.3 is 6.47 Å². The highest BCUT2D eigenvalue weighted by Gasteiger charge is 2.40. The van der Waals surface area contributed by atoms with Crippen molar-refractivity contribution in [1.29, 1.82) is 0 Å². The Balaban J connectivity index is 1.62. The van der Waals surface area contributed by atoms with Crippen molar-refractivity contribution in [2.75, 3.05) is 20.2 Å². The van der Waals surface area contributed by atoms with E-state index in [1.807, 2.05) is 12.1 Å². The molecule has 1 aliphatic heterocycles. The zero-order valence-corrected chi connectivity index (χ0v) is 14.4. The van der Waals surface area contributed by atoms with Gasteiger partial charge in [0.05, 0.1) is 19.5 Å². The van der Waals surface area contributed by atoms with Crippen LogP contribution in [0, 0.1) is 0 Å². The first-order valence-electron chi connectivity index (χ1n) is 8.37. The summed E-state index contributed by atoms with van der Waals surface area (Å²) in [6.45, 7) is 2.16. The number of nitrogens with zero attached hydrogens (tertiary/aromatic N) is 2. The monoisotopic (exact) mass is 349 g/mol. The molecule has 0 amide bonds. The zero-order chi connectivity index (χ0) is 18.0. The van der Waals surface area contributed by atoms with Gasteiger partial charge in [-0.3, -0.25) is 4.79 Å². The van der Waals surface area contributed by atoms with Crippen LogP contribution in [0.25, 0.3) is 11.1 Å². The first kappa shape index (κ1) is 16.4. The number of aromatic nitrogens is 2. The molecular formula is C20H19N3O3. The van der Waals surface area contributed by atoms with Gasteiger partial charge in [0.25, 0.3) is 0 Å². The summed E-state index contributed by atoms with van der Waals surface area (Å²) in [5.74, 6) is 0.862. The van der Waals surface area contributed by atoms with E-state index in [2.05, 4.69) is 46.8 Å². The molecule has 3 aromatic rings. The minimum Gasteiger partial charge on any atom is -0.497 e. The zero-order valence-electron chi connectivity index (χ0n) is 14.4. The van der Waals surface area contributed by atoms with E-state index in [0.717, 1.165) is 34.8 Å². The van der Waals surface area contributed by atoms with E-state index in [-0.39, 0.29) is 5.41 Å². The molecule has 0 saturated carbocycles. The maximum Gasteiger partial charge on any atom is 0.323 e. The van der Waals surface area contributed by atoms with E-state index in [1.54, 1.807) is 19.5 Å². The van der Waals surface area contributed by atoms with Crippen LogP contribution in [-0.4, -0.2) is 36.6 Å². The average Bonchev–Trinajstić information content (AvgIpc) is 3.11. The van der Waals surface area contributed by atoms with Crippen molar-refractivity contribution in [3.8, 4) is 16.9 Å². The first-order valence-corrected chi connectivity index (χ1v) is 8.37. The first-order chi connectivity index (χ1) is 12.7. The molecule has 1 aliphatic rings. The molecule has 132 valence electrons. The van der Waals surface area contributed by atoms with Gasteiger partial charge in [0.2, 0.25) is 0 Å². The summed E-state index contributed by atoms with van der Waals surface area (Å²) < 4.78 is 5.27. The van der Waals surface area contributed by atoms with Gasteiger partial charge in [0, 0.05) is 24.1 Å². The SMILES string of the molecule is COc1ccc(C2(c3ccc(-c4cnn(OC=O)c4)cc3)CNC2)cc1. The van der Waals surface area contributed by atoms with Gasteiger partial charge in [0.15, 0.2) is 0 Å². The van der Waals surface area contributed by atoms with Crippen molar-refractivity contribution in [3.63, 3.8) is 0 Å². The summed E-state index contributed by atoms with van der Waals surface area (Å²) in [6.07, 6.45) is 3.34. The Kier molecular flexibility index (Phi) is 4.18. The molecule has 1 aromatic heterocycles. The number of carbonyl (C=O) groups excluding carboxylic acids is 1. The van der Waals surface area contributed by atoms with Crippen LogP contribution in [0.2, 0.25) is 0 Å². The predicted octanol–water partition coefficient (Wildman–Crippen LogP) is 2.03. The third kappa shape index (κ3) is 2.74. The number of ether oxygens (including phenoxy) is 1. The molecule has 2 aromatic carbocycles. The maximum atomic E-state index is 10.4. The summed E-state index contributed by atoms with van der Waals surface area (Å²) in [5.41, 5.74) is 4.43. The number of rotatable bonds is 6. The Bertz CT molecular complexity index is 897. The van der Waals surface area contributed by atoms with Gasteiger partial charge < -0.3 is 14.9 Å². The molecule has 1 saturated heterocycles. The van der Waals surface area contributed by atoms with Crippen LogP contribution in [0.5, 0.6) is 5.75 Å². The fourth-order valence-corrected chi connectivity index (χ4v) is 3.40. The lowest BCUT2D eigenvalue weighted by Crippen LogP contribution is -2.57. The largest absolute Gasteiger partial charge is 0.497 e. The lowest BCUT2D eigenvalue weighted by Gasteiger charge is -2.44. The normalized spacial score (nSPS) is 15.1. The van der Waals surface area contributed by atoms with Crippen molar-refractivity contribution in [2.24, 2.45) is 0 Å². The van der Waals surface area contributed by atoms with Crippen molar-refractivity contribution in [2.45, 2.75) is 5.41 Å². The smallest absolute Gasteiger partial charge is 0.323 e. The minimum absolute atomic E-state index is 0.0182. The van der Waals surface area contributed by atoms with E-state index in [1.165, 1.54) is 11.1 Å². The molecular weight excluding hydrogens is 330 g/mol. The second-order valence-corrected chi connectivity index (χ2v) is 6.32. The molecule has 0 radical (unpaired) electrons. The van der Waals surface area contributed by atoms with Crippen LogP contribution >= 0.6 is 0 Å². The molecule has 26 heavy (non-hydrogen) atoms. The number of hydrogen-bond acceptors (Lipinski definition) is 5. The van der Waals surface area contributed by atoms with E-state index in [0.29, 0.717) is 6.47 Å². The predicted molar refractivity (Wildman–Crippen MR) is 97.0 cm³/mol. The average molecular weight is 349 g/mol. The maximum absolute atomic E-state index is 10.4. The summed E-state index contributed by atoms with van der Waals surface area (Å²) in [5, 5.41) is 7.38. The van der Waals surface area contributed by atoms with E-state index < -0.39 is 0 Å². The molecule has 0 bridgehead atoms. The standard InChI is InChI=1S/C20H19N3O3/c1-25-19-8-6-18(7-9-19)20(12-21-13-20)17-4-2-15(3-5-17)16-10-22-23(11-16)26-14-24/h2-11,14,21H,12-13H2,1H3. The van der Waals surface area contributed by atoms with Crippen molar-refractivity contribution in [3.05, 3.63) is 72.1 Å². The third-order valence-corrected chi connectivity index (χ3v) is 4.98. The number of benzene rings is 2. The molecule has 0 aliphatic carbocycles. The van der Waals surface area contributed by atoms with E-state index in [9.17, 15) is 4.79 Å². The van der Waals surface area contributed by atoms with Gasteiger partial charge in [-0.1, -0.05) is 41.2 Å². The minimum atomic E-state index is -0.0182. The Morgan fingerprint density at radius 1 is 1.04 bits per heavy atom. The molecule has 0 spiro atoms. The lowest BCUT2D eigenvalue weighted by molar-refractivity contribution is -0.130. The Morgan fingerprint density at radius 3 is 2.23 bits per heavy atom. The topological polar surface area (TPSA) is 65.4 Å². The Hall–Kier alpha value is -3.12. The number of carbonyl (C=O) groups is 1. The molecule has 0 unspecified atom stereocenters. The summed E-state index contributed by atoms with van der Waals surface area (Å²) in [4.78, 5) is 16.2. The molecule has 1 fully saturated rings.